The minimum atomic E-state index is -0.0517. The normalized spacial score (nSPS) is 19.3. The first kappa shape index (κ1) is 21.4. The summed E-state index contributed by atoms with van der Waals surface area (Å²) in [6.07, 6.45) is 9.56. The third kappa shape index (κ3) is 3.80. The molecule has 5 rings (SSSR count). The van der Waals surface area contributed by atoms with Gasteiger partial charge in [-0.25, -0.2) is 0 Å². The quantitative estimate of drug-likeness (QED) is 0.417. The van der Waals surface area contributed by atoms with Crippen molar-refractivity contribution in [2.75, 3.05) is 17.3 Å². The van der Waals surface area contributed by atoms with Gasteiger partial charge >= 0.3 is 0 Å². The number of halogens is 2. The summed E-state index contributed by atoms with van der Waals surface area (Å²) in [6, 6.07) is 16.9. The molecule has 0 amide bonds. The van der Waals surface area contributed by atoms with Gasteiger partial charge in [0, 0.05) is 18.3 Å². The van der Waals surface area contributed by atoms with Crippen LogP contribution in [-0.4, -0.2) is 18.3 Å². The van der Waals surface area contributed by atoms with Crippen LogP contribution in [0.4, 0.5) is 17.1 Å². The topological polar surface area (TPSA) is 37.4 Å². The summed E-state index contributed by atoms with van der Waals surface area (Å²) in [5.41, 5.74) is 4.08. The van der Waals surface area contributed by atoms with E-state index in [9.17, 15) is 0 Å². The molecular weight excluding hydrogens is 441 g/mol. The van der Waals surface area contributed by atoms with E-state index in [1.54, 1.807) is 19.5 Å². The molecule has 1 fully saturated rings. The van der Waals surface area contributed by atoms with Crippen LogP contribution in [0.1, 0.15) is 43.6 Å². The molecule has 0 bridgehead atoms. The van der Waals surface area contributed by atoms with Crippen molar-refractivity contribution < 1.29 is 4.74 Å². The van der Waals surface area contributed by atoms with Crippen LogP contribution in [0.25, 0.3) is 0 Å². The van der Waals surface area contributed by atoms with Crippen LogP contribution < -0.4 is 15.0 Å². The van der Waals surface area contributed by atoms with Crippen LogP contribution in [0, 0.1) is 5.92 Å². The molecule has 1 aromatic heterocycles. The highest BCUT2D eigenvalue weighted by atomic mass is 35.5. The number of anilines is 3. The molecular formula is C26H27Cl2N3O. The maximum atomic E-state index is 6.72. The Morgan fingerprint density at radius 3 is 2.34 bits per heavy atom. The van der Waals surface area contributed by atoms with Crippen molar-refractivity contribution >= 4 is 40.3 Å². The third-order valence-electron chi connectivity index (χ3n) is 6.79. The van der Waals surface area contributed by atoms with Gasteiger partial charge in [0.15, 0.2) is 0 Å². The number of fused-ring (bicyclic) bond motifs is 1. The number of aromatic nitrogens is 1. The molecule has 1 aliphatic heterocycles. The average Bonchev–Trinajstić information content (AvgIpc) is 3.19. The Kier molecular flexibility index (Phi) is 6.16. The van der Waals surface area contributed by atoms with Crippen LogP contribution in [0.5, 0.6) is 5.75 Å². The summed E-state index contributed by atoms with van der Waals surface area (Å²) in [5, 5.41) is 4.87. The fourth-order valence-electron chi connectivity index (χ4n) is 5.43. The average molecular weight is 468 g/mol. The van der Waals surface area contributed by atoms with Gasteiger partial charge in [0.25, 0.3) is 0 Å². The predicted octanol–water partition coefficient (Wildman–Crippen LogP) is 7.65. The molecule has 1 saturated carbocycles. The Balaban J connectivity index is 1.70. The fourth-order valence-corrected chi connectivity index (χ4v) is 5.98. The molecule has 0 radical (unpaired) electrons. The van der Waals surface area contributed by atoms with E-state index in [4.69, 9.17) is 27.9 Å². The number of hydrogen-bond donors (Lipinski definition) is 1. The van der Waals surface area contributed by atoms with Gasteiger partial charge < -0.3 is 15.0 Å². The van der Waals surface area contributed by atoms with E-state index in [0.717, 1.165) is 22.8 Å². The van der Waals surface area contributed by atoms with E-state index in [0.29, 0.717) is 16.0 Å². The summed E-state index contributed by atoms with van der Waals surface area (Å²) >= 11 is 13.4. The molecule has 166 valence electrons. The van der Waals surface area contributed by atoms with Crippen LogP contribution in [-0.2, 0) is 0 Å². The smallest absolute Gasteiger partial charge is 0.144 e. The number of benzene rings is 2. The number of methoxy groups -OCH3 is 1. The second-order valence-electron chi connectivity index (χ2n) is 8.60. The van der Waals surface area contributed by atoms with Gasteiger partial charge in [-0.05, 0) is 36.5 Å². The number of para-hydroxylation sites is 1. The van der Waals surface area contributed by atoms with Crippen molar-refractivity contribution in [3.63, 3.8) is 0 Å². The lowest BCUT2D eigenvalue weighted by molar-refractivity contribution is 0.286. The zero-order chi connectivity index (χ0) is 22.1. The Bertz CT molecular complexity index is 1070. The van der Waals surface area contributed by atoms with E-state index < -0.39 is 0 Å². The van der Waals surface area contributed by atoms with Crippen LogP contribution >= 0.6 is 23.2 Å². The van der Waals surface area contributed by atoms with Gasteiger partial charge in [-0.2, -0.15) is 0 Å². The standard InChI is InChI=1S/C26H27Cl2N3O/c1-32-22-14-8-13-21-25(22)31(24-19(27)15-29-16-20(24)28)26(30-21)23(17-9-4-2-5-10-17)18-11-6-3-7-12-18/h2,4-5,8-10,13-16,18,23,26,30H,3,6-7,11-12H2,1H3. The largest absolute Gasteiger partial charge is 0.494 e. The monoisotopic (exact) mass is 467 g/mol. The minimum absolute atomic E-state index is 0.0517. The molecule has 6 heteroatoms. The minimum Gasteiger partial charge on any atom is -0.494 e. The van der Waals surface area contributed by atoms with E-state index in [1.807, 2.05) is 12.1 Å². The number of hydrogen-bond acceptors (Lipinski definition) is 4. The second-order valence-corrected chi connectivity index (χ2v) is 9.42. The van der Waals surface area contributed by atoms with Crippen molar-refractivity contribution in [2.45, 2.75) is 44.2 Å². The van der Waals surface area contributed by atoms with Gasteiger partial charge in [0.2, 0.25) is 0 Å². The number of rotatable bonds is 5. The maximum Gasteiger partial charge on any atom is 0.144 e. The summed E-state index contributed by atoms with van der Waals surface area (Å²) < 4.78 is 5.78. The molecule has 0 saturated heterocycles. The van der Waals surface area contributed by atoms with E-state index >= 15 is 0 Å². The first-order valence-corrected chi connectivity index (χ1v) is 12.0. The molecule has 2 unspecified atom stereocenters. The van der Waals surface area contributed by atoms with Crippen LogP contribution in [0.3, 0.4) is 0 Å². The van der Waals surface area contributed by atoms with Crippen molar-refractivity contribution in [1.82, 2.24) is 4.98 Å². The number of nitrogens with one attached hydrogen (secondary N) is 1. The molecule has 2 aromatic carbocycles. The molecule has 2 heterocycles. The van der Waals surface area contributed by atoms with Crippen molar-refractivity contribution in [1.29, 1.82) is 0 Å². The van der Waals surface area contributed by atoms with E-state index in [2.05, 4.69) is 51.6 Å². The molecule has 1 aliphatic carbocycles. The number of ether oxygens (including phenoxy) is 1. The van der Waals surface area contributed by atoms with E-state index in [1.165, 1.54) is 37.7 Å². The van der Waals surface area contributed by atoms with Crippen molar-refractivity contribution in [3.8, 4) is 5.75 Å². The Morgan fingerprint density at radius 1 is 0.938 bits per heavy atom. The summed E-state index contributed by atoms with van der Waals surface area (Å²) in [5.74, 6) is 1.61. The first-order valence-electron chi connectivity index (χ1n) is 11.3. The highest BCUT2D eigenvalue weighted by Gasteiger charge is 2.43. The lowest BCUT2D eigenvalue weighted by Crippen LogP contribution is -2.41. The SMILES string of the molecule is COc1cccc2c1N(c1c(Cl)cncc1Cl)C(C(c1ccccc1)C1CCCCC1)N2. The molecule has 1 N–H and O–H groups in total. The Hall–Kier alpha value is -2.43. The Labute approximate surface area is 199 Å². The number of pyridine rings is 1. The molecule has 4 nitrogen and oxygen atoms in total. The van der Waals surface area contributed by atoms with Gasteiger partial charge in [-0.15, -0.1) is 0 Å². The van der Waals surface area contributed by atoms with Crippen molar-refractivity contribution in [2.24, 2.45) is 5.92 Å². The molecule has 0 spiro atoms. The highest BCUT2D eigenvalue weighted by Crippen LogP contribution is 2.54. The summed E-state index contributed by atoms with van der Waals surface area (Å²) in [6.45, 7) is 0. The van der Waals surface area contributed by atoms with Gasteiger partial charge in [0.05, 0.1) is 28.5 Å². The zero-order valence-corrected chi connectivity index (χ0v) is 19.6. The van der Waals surface area contributed by atoms with Crippen LogP contribution in [0.2, 0.25) is 10.0 Å². The predicted molar refractivity (Wildman–Crippen MR) is 133 cm³/mol. The molecule has 2 aliphatic rings. The third-order valence-corrected chi connectivity index (χ3v) is 7.35. The molecule has 2 atom stereocenters. The fraction of sp³-hybridized carbons (Fsp3) is 0.346. The van der Waals surface area contributed by atoms with Gasteiger partial charge in [-0.3, -0.25) is 4.98 Å². The Morgan fingerprint density at radius 2 is 1.66 bits per heavy atom. The summed E-state index contributed by atoms with van der Waals surface area (Å²) in [7, 11) is 1.70. The lowest BCUT2D eigenvalue weighted by atomic mass is 9.75. The number of nitrogens with zero attached hydrogens (tertiary/aromatic N) is 2. The zero-order valence-electron chi connectivity index (χ0n) is 18.1. The molecule has 32 heavy (non-hydrogen) atoms. The summed E-state index contributed by atoms with van der Waals surface area (Å²) in [4.78, 5) is 6.43. The van der Waals surface area contributed by atoms with Gasteiger partial charge in [-0.1, -0.05) is 78.9 Å². The second kappa shape index (κ2) is 9.21. The van der Waals surface area contributed by atoms with Crippen molar-refractivity contribution in [3.05, 3.63) is 76.5 Å². The van der Waals surface area contributed by atoms with Crippen LogP contribution in [0.15, 0.2) is 60.9 Å². The molecule has 3 aromatic rings. The highest BCUT2D eigenvalue weighted by molar-refractivity contribution is 6.39. The maximum absolute atomic E-state index is 6.72. The van der Waals surface area contributed by atoms with E-state index in [-0.39, 0.29) is 12.1 Å². The first-order chi connectivity index (χ1) is 15.7. The van der Waals surface area contributed by atoms with Gasteiger partial charge in [0.1, 0.15) is 17.6 Å². The lowest BCUT2D eigenvalue weighted by Gasteiger charge is -2.40.